The molecular weight excluding hydrogens is 404 g/mol. The maximum atomic E-state index is 13.6. The van der Waals surface area contributed by atoms with Crippen molar-refractivity contribution in [3.63, 3.8) is 0 Å². The molecule has 1 aromatic rings. The molecule has 6 heteroatoms. The van der Waals surface area contributed by atoms with E-state index in [1.54, 1.807) is 7.11 Å². The Kier molecular flexibility index (Phi) is 6.35. The first kappa shape index (κ1) is 22.0. The summed E-state index contributed by atoms with van der Waals surface area (Å²) in [5, 5.41) is 3.42. The van der Waals surface area contributed by atoms with Crippen LogP contribution >= 0.6 is 0 Å². The summed E-state index contributed by atoms with van der Waals surface area (Å²) in [6.07, 6.45) is 7.37. The first-order valence-electron chi connectivity index (χ1n) is 12.5. The number of benzene rings is 1. The Morgan fingerprint density at radius 2 is 1.78 bits per heavy atom. The average molecular weight is 443 g/mol. The van der Waals surface area contributed by atoms with Crippen molar-refractivity contribution in [1.82, 2.24) is 10.2 Å². The molecule has 176 valence electrons. The molecule has 1 aliphatic heterocycles. The second-order valence-corrected chi connectivity index (χ2v) is 10.4. The van der Waals surface area contributed by atoms with Crippen LogP contribution in [0.25, 0.3) is 0 Å². The van der Waals surface area contributed by atoms with Crippen LogP contribution in [0.15, 0.2) is 18.2 Å². The molecule has 1 N–H and O–H groups in total. The van der Waals surface area contributed by atoms with Gasteiger partial charge in [-0.15, -0.1) is 0 Å². The first-order valence-corrected chi connectivity index (χ1v) is 12.5. The van der Waals surface area contributed by atoms with Gasteiger partial charge < -0.3 is 19.5 Å². The maximum absolute atomic E-state index is 13.6. The fourth-order valence-electron chi connectivity index (χ4n) is 7.28. The number of ether oxygens (including phenoxy) is 3. The summed E-state index contributed by atoms with van der Waals surface area (Å²) in [5.41, 5.74) is 1.04. The Hall–Kier alpha value is -1.79. The minimum atomic E-state index is -0.110. The van der Waals surface area contributed by atoms with Gasteiger partial charge in [-0.1, -0.05) is 6.07 Å². The number of amides is 1. The number of carbonyl (C=O) groups is 1. The Bertz CT molecular complexity index is 785. The molecule has 4 saturated carbocycles. The van der Waals surface area contributed by atoms with Crippen molar-refractivity contribution < 1.29 is 19.0 Å². The molecule has 5 fully saturated rings. The smallest absolute Gasteiger partial charge is 0.226 e. The number of nitrogens with zero attached hydrogens (tertiary/aromatic N) is 1. The van der Waals surface area contributed by atoms with Gasteiger partial charge in [-0.3, -0.25) is 9.69 Å². The van der Waals surface area contributed by atoms with E-state index in [0.29, 0.717) is 19.1 Å². The number of hydrogen-bond acceptors (Lipinski definition) is 5. The van der Waals surface area contributed by atoms with E-state index in [9.17, 15) is 4.79 Å². The zero-order valence-electron chi connectivity index (χ0n) is 19.6. The Morgan fingerprint density at radius 3 is 2.38 bits per heavy atom. The number of carbonyl (C=O) groups excluding carboxylic acids is 1. The van der Waals surface area contributed by atoms with Crippen LogP contribution < -0.4 is 14.8 Å². The zero-order valence-corrected chi connectivity index (χ0v) is 19.6. The molecule has 1 aromatic carbocycles. The minimum Gasteiger partial charge on any atom is -0.493 e. The summed E-state index contributed by atoms with van der Waals surface area (Å²) in [7, 11) is 1.68. The molecular formula is C26H38N2O4. The summed E-state index contributed by atoms with van der Waals surface area (Å²) in [4.78, 5) is 16.0. The van der Waals surface area contributed by atoms with Gasteiger partial charge in [-0.2, -0.15) is 0 Å². The highest BCUT2D eigenvalue weighted by Crippen LogP contribution is 2.60. The van der Waals surface area contributed by atoms with Crippen LogP contribution in [0, 0.1) is 23.2 Å². The number of nitrogens with one attached hydrogen (secondary N) is 1. The Balaban J connectivity index is 1.33. The number of rotatable bonds is 8. The second kappa shape index (κ2) is 9.22. The van der Waals surface area contributed by atoms with E-state index in [2.05, 4.69) is 22.3 Å². The molecule has 32 heavy (non-hydrogen) atoms. The summed E-state index contributed by atoms with van der Waals surface area (Å²) in [6, 6.07) is 6.28. The molecule has 0 unspecified atom stereocenters. The molecule has 1 saturated heterocycles. The first-order chi connectivity index (χ1) is 15.6. The van der Waals surface area contributed by atoms with Gasteiger partial charge >= 0.3 is 0 Å². The Morgan fingerprint density at radius 1 is 1.12 bits per heavy atom. The van der Waals surface area contributed by atoms with Gasteiger partial charge in [0.1, 0.15) is 0 Å². The lowest BCUT2D eigenvalue weighted by Crippen LogP contribution is -2.54. The van der Waals surface area contributed by atoms with Gasteiger partial charge in [-0.25, -0.2) is 0 Å². The molecule has 4 aliphatic carbocycles. The van der Waals surface area contributed by atoms with Crippen LogP contribution in [0.2, 0.25) is 0 Å². The second-order valence-electron chi connectivity index (χ2n) is 10.4. The third-order valence-electron chi connectivity index (χ3n) is 8.33. The summed E-state index contributed by atoms with van der Waals surface area (Å²) in [6.45, 7) is 6.40. The average Bonchev–Trinajstić information content (AvgIpc) is 2.80. The predicted molar refractivity (Wildman–Crippen MR) is 123 cm³/mol. The summed E-state index contributed by atoms with van der Waals surface area (Å²) in [5.74, 6) is 4.13. The van der Waals surface area contributed by atoms with E-state index in [4.69, 9.17) is 14.2 Å². The van der Waals surface area contributed by atoms with Gasteiger partial charge in [-0.05, 0) is 80.9 Å². The lowest BCUT2D eigenvalue weighted by Gasteiger charge is -2.55. The van der Waals surface area contributed by atoms with Crippen molar-refractivity contribution in [2.75, 3.05) is 46.6 Å². The highest BCUT2D eigenvalue weighted by atomic mass is 16.5. The number of methoxy groups -OCH3 is 1. The van der Waals surface area contributed by atoms with Crippen LogP contribution in [0.1, 0.15) is 57.1 Å². The van der Waals surface area contributed by atoms with Crippen molar-refractivity contribution in [2.45, 2.75) is 51.5 Å². The van der Waals surface area contributed by atoms with E-state index in [-0.39, 0.29) is 11.5 Å². The van der Waals surface area contributed by atoms with Crippen molar-refractivity contribution in [1.29, 1.82) is 0 Å². The molecule has 4 bridgehead atoms. The van der Waals surface area contributed by atoms with Crippen LogP contribution in [0.4, 0.5) is 0 Å². The molecule has 6 rings (SSSR count). The summed E-state index contributed by atoms with van der Waals surface area (Å²) < 4.78 is 16.9. The molecule has 1 heterocycles. The molecule has 6 nitrogen and oxygen atoms in total. The molecule has 0 aromatic heterocycles. The molecule has 0 spiro atoms. The van der Waals surface area contributed by atoms with Gasteiger partial charge in [0.25, 0.3) is 0 Å². The standard InChI is InChI=1S/C26H38N2O4/c1-3-32-23-5-4-21(13-24(23)30-2)22(28-6-8-31-9-7-28)17-27-25(29)26-14-18-10-19(15-26)12-20(11-18)16-26/h4-5,13,18-20,22H,3,6-12,14-17H2,1-2H3,(H,27,29)/t18?,19?,20?,22-,26?/m0/s1. The third-order valence-corrected chi connectivity index (χ3v) is 8.33. The van der Waals surface area contributed by atoms with Gasteiger partial charge in [0.2, 0.25) is 5.91 Å². The largest absolute Gasteiger partial charge is 0.493 e. The summed E-state index contributed by atoms with van der Waals surface area (Å²) >= 11 is 0. The minimum absolute atomic E-state index is 0.0985. The Labute approximate surface area is 192 Å². The maximum Gasteiger partial charge on any atom is 0.226 e. The van der Waals surface area contributed by atoms with Crippen molar-refractivity contribution >= 4 is 5.91 Å². The number of morpholine rings is 1. The van der Waals surface area contributed by atoms with E-state index < -0.39 is 0 Å². The molecule has 5 aliphatic rings. The lowest BCUT2D eigenvalue weighted by atomic mass is 9.49. The fraction of sp³-hybridized carbons (Fsp3) is 0.731. The quantitative estimate of drug-likeness (QED) is 0.664. The number of hydrogen-bond donors (Lipinski definition) is 1. The van der Waals surface area contributed by atoms with Crippen molar-refractivity contribution in [2.24, 2.45) is 23.2 Å². The van der Waals surface area contributed by atoms with Crippen LogP contribution in [0.5, 0.6) is 11.5 Å². The zero-order chi connectivity index (χ0) is 22.1. The van der Waals surface area contributed by atoms with Gasteiger partial charge in [0.15, 0.2) is 11.5 Å². The SMILES string of the molecule is CCOc1ccc([C@H](CNC(=O)C23CC4CC(CC(C4)C2)C3)N2CCOCC2)cc1OC. The molecule has 1 amide bonds. The monoisotopic (exact) mass is 442 g/mol. The molecule has 0 radical (unpaired) electrons. The van der Waals surface area contributed by atoms with Crippen LogP contribution in [-0.2, 0) is 9.53 Å². The van der Waals surface area contributed by atoms with Gasteiger partial charge in [0, 0.05) is 25.0 Å². The lowest BCUT2D eigenvalue weighted by molar-refractivity contribution is -0.146. The predicted octanol–water partition coefficient (Wildman–Crippen LogP) is 3.80. The van der Waals surface area contributed by atoms with Gasteiger partial charge in [0.05, 0.1) is 33.0 Å². The topological polar surface area (TPSA) is 60.0 Å². The van der Waals surface area contributed by atoms with Crippen molar-refractivity contribution in [3.05, 3.63) is 23.8 Å². The normalized spacial score (nSPS) is 32.5. The van der Waals surface area contributed by atoms with Crippen LogP contribution in [-0.4, -0.2) is 57.4 Å². The third kappa shape index (κ3) is 4.24. The molecule has 1 atom stereocenters. The highest BCUT2D eigenvalue weighted by Gasteiger charge is 2.54. The van der Waals surface area contributed by atoms with E-state index in [1.807, 2.05) is 13.0 Å². The highest BCUT2D eigenvalue weighted by molar-refractivity contribution is 5.83. The van der Waals surface area contributed by atoms with E-state index in [1.165, 1.54) is 19.3 Å². The van der Waals surface area contributed by atoms with Crippen molar-refractivity contribution in [3.8, 4) is 11.5 Å². The fourth-order valence-corrected chi connectivity index (χ4v) is 7.28. The van der Waals surface area contributed by atoms with E-state index >= 15 is 0 Å². The van der Waals surface area contributed by atoms with Crippen LogP contribution in [0.3, 0.4) is 0 Å². The van der Waals surface area contributed by atoms with E-state index in [0.717, 1.165) is 80.4 Å².